The fraction of sp³-hybridized carbons (Fsp3) is 0.118. The van der Waals surface area contributed by atoms with Gasteiger partial charge in [-0.3, -0.25) is 14.4 Å². The van der Waals surface area contributed by atoms with Crippen LogP contribution in [0.15, 0.2) is 35.1 Å². The summed E-state index contributed by atoms with van der Waals surface area (Å²) in [5, 5.41) is 3.44. The van der Waals surface area contributed by atoms with E-state index in [-0.39, 0.29) is 17.2 Å². The number of nitrogen functional groups attached to an aromatic ring is 1. The number of aromatic amines is 1. The lowest BCUT2D eigenvalue weighted by Crippen LogP contribution is -2.12. The number of nitrogens with one attached hydrogen (secondary N) is 2. The third-order valence-electron chi connectivity index (χ3n) is 3.68. The molecule has 0 unspecified atom stereocenters. The molecule has 2 heterocycles. The zero-order valence-electron chi connectivity index (χ0n) is 13.1. The average molecular weight is 341 g/mol. The molecule has 1 aromatic carbocycles. The van der Waals surface area contributed by atoms with Gasteiger partial charge < -0.3 is 16.0 Å². The lowest BCUT2D eigenvalue weighted by Gasteiger charge is -2.05. The maximum atomic E-state index is 12.5. The highest BCUT2D eigenvalue weighted by Crippen LogP contribution is 2.34. The number of carbonyl (C=O) groups is 2. The van der Waals surface area contributed by atoms with Crippen LogP contribution in [0.4, 0.5) is 11.4 Å². The molecule has 0 fully saturated rings. The van der Waals surface area contributed by atoms with E-state index in [0.717, 1.165) is 16.9 Å². The third-order valence-corrected chi connectivity index (χ3v) is 4.80. The summed E-state index contributed by atoms with van der Waals surface area (Å²) in [5.41, 5.74) is 8.07. The minimum Gasteiger partial charge on any atom is -0.397 e. The molecular weight excluding hydrogens is 326 g/mol. The Labute approximate surface area is 141 Å². The highest BCUT2D eigenvalue weighted by atomic mass is 32.1. The third kappa shape index (κ3) is 2.81. The number of hydrogen-bond donors (Lipinski definition) is 3. The number of aromatic nitrogens is 1. The van der Waals surface area contributed by atoms with E-state index in [4.69, 9.17) is 5.73 Å². The molecule has 122 valence electrons. The van der Waals surface area contributed by atoms with Crippen molar-refractivity contribution in [2.45, 2.75) is 13.8 Å². The van der Waals surface area contributed by atoms with Crippen LogP contribution in [-0.2, 0) is 0 Å². The zero-order chi connectivity index (χ0) is 17.4. The van der Waals surface area contributed by atoms with Crippen LogP contribution in [0.1, 0.15) is 32.5 Å². The number of thiophene rings is 1. The molecule has 0 aliphatic heterocycles. The maximum Gasteiger partial charge on any atom is 0.267 e. The van der Waals surface area contributed by atoms with Crippen molar-refractivity contribution in [1.29, 1.82) is 0 Å². The lowest BCUT2D eigenvalue weighted by molar-refractivity contribution is 0.101. The summed E-state index contributed by atoms with van der Waals surface area (Å²) in [5.74, 6) is -0.398. The minimum atomic E-state index is -0.357. The van der Waals surface area contributed by atoms with Crippen molar-refractivity contribution in [1.82, 2.24) is 4.98 Å². The Kier molecular flexibility index (Phi) is 3.94. The Morgan fingerprint density at radius 2 is 1.88 bits per heavy atom. The number of ketones is 1. The Morgan fingerprint density at radius 1 is 1.21 bits per heavy atom. The lowest BCUT2D eigenvalue weighted by atomic mass is 10.1. The first-order chi connectivity index (χ1) is 11.4. The second-order valence-corrected chi connectivity index (χ2v) is 6.47. The molecule has 0 atom stereocenters. The minimum absolute atomic E-state index is 0.0407. The van der Waals surface area contributed by atoms with Crippen LogP contribution in [0.25, 0.3) is 10.2 Å². The molecule has 4 N–H and O–H groups in total. The topological polar surface area (TPSA) is 105 Å². The van der Waals surface area contributed by atoms with Crippen LogP contribution in [0.3, 0.4) is 0 Å². The summed E-state index contributed by atoms with van der Waals surface area (Å²) < 4.78 is 0. The van der Waals surface area contributed by atoms with Crippen molar-refractivity contribution in [3.8, 4) is 0 Å². The van der Waals surface area contributed by atoms with Crippen LogP contribution in [-0.4, -0.2) is 16.7 Å². The molecule has 0 saturated heterocycles. The summed E-state index contributed by atoms with van der Waals surface area (Å²) >= 11 is 1.14. The molecule has 6 nitrogen and oxygen atoms in total. The zero-order valence-corrected chi connectivity index (χ0v) is 13.9. The number of hydrogen-bond acceptors (Lipinski definition) is 5. The summed E-state index contributed by atoms with van der Waals surface area (Å²) in [6.07, 6.45) is 0. The summed E-state index contributed by atoms with van der Waals surface area (Å²) in [6.45, 7) is 3.26. The molecular formula is C17H15N3O3S. The number of H-pyrrole nitrogens is 1. The largest absolute Gasteiger partial charge is 0.397 e. The fourth-order valence-electron chi connectivity index (χ4n) is 2.49. The van der Waals surface area contributed by atoms with Gasteiger partial charge >= 0.3 is 0 Å². The predicted molar refractivity (Wildman–Crippen MR) is 96.0 cm³/mol. The summed E-state index contributed by atoms with van der Waals surface area (Å²) in [6, 6.07) is 8.06. The van der Waals surface area contributed by atoms with Gasteiger partial charge in [-0.1, -0.05) is 0 Å². The Hall–Kier alpha value is -2.93. The second kappa shape index (κ2) is 5.93. The van der Waals surface area contributed by atoms with Crippen LogP contribution < -0.4 is 16.6 Å². The van der Waals surface area contributed by atoms with Crippen molar-refractivity contribution in [3.05, 3.63) is 56.7 Å². The van der Waals surface area contributed by atoms with E-state index in [1.807, 2.05) is 0 Å². The Morgan fingerprint density at radius 3 is 2.50 bits per heavy atom. The first kappa shape index (κ1) is 15.9. The van der Waals surface area contributed by atoms with E-state index in [9.17, 15) is 14.4 Å². The predicted octanol–water partition coefficient (Wildman–Crippen LogP) is 2.94. The second-order valence-electron chi connectivity index (χ2n) is 5.45. The summed E-state index contributed by atoms with van der Waals surface area (Å²) in [4.78, 5) is 38.9. The number of fused-ring (bicyclic) bond motifs is 1. The number of anilines is 2. The number of aryl methyl sites for hydroxylation is 1. The number of benzene rings is 1. The molecule has 0 aliphatic carbocycles. The van der Waals surface area contributed by atoms with Crippen LogP contribution in [0.2, 0.25) is 0 Å². The van der Waals surface area contributed by atoms with Crippen LogP contribution in [0, 0.1) is 6.92 Å². The van der Waals surface area contributed by atoms with Crippen LogP contribution >= 0.6 is 11.3 Å². The molecule has 1 amide bonds. The van der Waals surface area contributed by atoms with E-state index in [1.165, 1.54) is 13.0 Å². The summed E-state index contributed by atoms with van der Waals surface area (Å²) in [7, 11) is 0. The number of nitrogens with two attached hydrogens (primary N) is 1. The van der Waals surface area contributed by atoms with Gasteiger partial charge in [-0.15, -0.1) is 11.3 Å². The van der Waals surface area contributed by atoms with Gasteiger partial charge in [0.15, 0.2) is 5.78 Å². The normalized spacial score (nSPS) is 10.8. The van der Waals surface area contributed by atoms with E-state index < -0.39 is 0 Å². The van der Waals surface area contributed by atoms with Crippen molar-refractivity contribution >= 4 is 44.6 Å². The van der Waals surface area contributed by atoms with Gasteiger partial charge in [0.1, 0.15) is 9.71 Å². The number of pyridine rings is 1. The number of amides is 1. The van der Waals surface area contributed by atoms with Crippen molar-refractivity contribution in [3.63, 3.8) is 0 Å². The molecule has 0 aliphatic rings. The van der Waals surface area contributed by atoms with Gasteiger partial charge in [0, 0.05) is 22.7 Å². The molecule has 2 aromatic heterocycles. The Bertz CT molecular complexity index is 1020. The highest BCUT2D eigenvalue weighted by Gasteiger charge is 2.18. The molecule has 0 radical (unpaired) electrons. The average Bonchev–Trinajstić information content (AvgIpc) is 2.84. The molecule has 3 aromatic rings. The van der Waals surface area contributed by atoms with E-state index in [2.05, 4.69) is 10.3 Å². The van der Waals surface area contributed by atoms with E-state index in [1.54, 1.807) is 31.2 Å². The number of rotatable bonds is 3. The maximum absolute atomic E-state index is 12.5. The first-order valence-corrected chi connectivity index (χ1v) is 8.02. The van der Waals surface area contributed by atoms with Crippen LogP contribution in [0.5, 0.6) is 0 Å². The van der Waals surface area contributed by atoms with Gasteiger partial charge in [0.25, 0.3) is 5.91 Å². The highest BCUT2D eigenvalue weighted by molar-refractivity contribution is 7.21. The monoisotopic (exact) mass is 341 g/mol. The number of Topliss-reactive ketones (excluding diaryl/α,β-unsaturated/α-hetero) is 1. The van der Waals surface area contributed by atoms with Crippen molar-refractivity contribution in [2.75, 3.05) is 11.1 Å². The molecule has 0 spiro atoms. The smallest absolute Gasteiger partial charge is 0.267 e. The molecule has 7 heteroatoms. The Balaban J connectivity index is 1.94. The molecule has 3 rings (SSSR count). The first-order valence-electron chi connectivity index (χ1n) is 7.21. The van der Waals surface area contributed by atoms with E-state index in [0.29, 0.717) is 32.0 Å². The molecule has 24 heavy (non-hydrogen) atoms. The number of carbonyl (C=O) groups excluding carboxylic acids is 2. The quantitative estimate of drug-likeness (QED) is 0.637. The van der Waals surface area contributed by atoms with Gasteiger partial charge in [-0.25, -0.2) is 0 Å². The van der Waals surface area contributed by atoms with Crippen molar-refractivity contribution in [2.24, 2.45) is 0 Å². The standard InChI is InChI=1S/C17H15N3O3S/c1-8-7-12(22)20-17-13(8)14(18)15(24-17)16(23)19-11-5-3-10(4-6-11)9(2)21/h3-7H,18H2,1-2H3,(H,19,23)(H,20,22). The van der Waals surface area contributed by atoms with E-state index >= 15 is 0 Å². The molecule has 0 saturated carbocycles. The van der Waals surface area contributed by atoms with Gasteiger partial charge in [0.05, 0.1) is 5.69 Å². The van der Waals surface area contributed by atoms with Crippen molar-refractivity contribution < 1.29 is 9.59 Å². The van der Waals surface area contributed by atoms with Gasteiger partial charge in [0.2, 0.25) is 5.56 Å². The SMILES string of the molecule is CC(=O)c1ccc(NC(=O)c2sc3[nH]c(=O)cc(C)c3c2N)cc1. The fourth-order valence-corrected chi connectivity index (χ4v) is 3.57. The van der Waals surface area contributed by atoms with Gasteiger partial charge in [-0.2, -0.15) is 0 Å². The van der Waals surface area contributed by atoms with Gasteiger partial charge in [-0.05, 0) is 43.7 Å². The molecule has 0 bridgehead atoms.